The molecule has 0 spiro atoms. The second-order valence-corrected chi connectivity index (χ2v) is 9.51. The summed E-state index contributed by atoms with van der Waals surface area (Å²) in [5.74, 6) is -0.0318. The first-order valence-electron chi connectivity index (χ1n) is 8.09. The molecule has 28 heavy (non-hydrogen) atoms. The van der Waals surface area contributed by atoms with Crippen molar-refractivity contribution < 1.29 is 31.1 Å². The molecule has 0 aliphatic carbocycles. The number of nitrogens with zero attached hydrogens (tertiary/aromatic N) is 1. The lowest BCUT2D eigenvalue weighted by Crippen LogP contribution is -2.29. The van der Waals surface area contributed by atoms with Gasteiger partial charge in [0.25, 0.3) is 10.0 Å². The number of rotatable bonds is 6. The van der Waals surface area contributed by atoms with Gasteiger partial charge in [-0.1, -0.05) is 0 Å². The summed E-state index contributed by atoms with van der Waals surface area (Å²) in [7, 11) is -4.81. The Labute approximate surface area is 163 Å². The molecule has 1 aliphatic heterocycles. The molecule has 1 amide bonds. The van der Waals surface area contributed by atoms with Crippen molar-refractivity contribution in [3.05, 3.63) is 42.5 Å². The van der Waals surface area contributed by atoms with Gasteiger partial charge < -0.3 is 9.47 Å². The quantitative estimate of drug-likeness (QED) is 0.745. The summed E-state index contributed by atoms with van der Waals surface area (Å²) >= 11 is 0. The molecule has 2 aromatic rings. The first-order valence-corrected chi connectivity index (χ1v) is 11.2. The zero-order chi connectivity index (χ0) is 20.5. The van der Waals surface area contributed by atoms with E-state index in [1.165, 1.54) is 50.6 Å². The van der Waals surface area contributed by atoms with Crippen LogP contribution in [0.4, 0.5) is 11.4 Å². The van der Waals surface area contributed by atoms with E-state index in [4.69, 9.17) is 9.47 Å². The highest BCUT2D eigenvalue weighted by molar-refractivity contribution is 7.94. The number of sulfonamides is 2. The Morgan fingerprint density at radius 2 is 1.71 bits per heavy atom. The monoisotopic (exact) mass is 426 g/mol. The molecule has 0 unspecified atom stereocenters. The third-order valence-corrected chi connectivity index (χ3v) is 7.19. The van der Waals surface area contributed by atoms with Gasteiger partial charge in [0.2, 0.25) is 15.9 Å². The van der Waals surface area contributed by atoms with E-state index in [0.717, 1.165) is 0 Å². The van der Waals surface area contributed by atoms with Crippen LogP contribution in [0.5, 0.6) is 11.5 Å². The Bertz CT molecular complexity index is 1110. The number of benzene rings is 2. The molecule has 11 heteroatoms. The molecule has 0 atom stereocenters. The SMILES string of the molecule is COc1ccc(NS(=O)(=O)c2ccc(N3C(=O)CCS3(=O)=O)cc2)c(OC)c1. The van der Waals surface area contributed by atoms with E-state index in [-0.39, 0.29) is 34.2 Å². The molecular weight excluding hydrogens is 408 g/mol. The van der Waals surface area contributed by atoms with E-state index < -0.39 is 26.0 Å². The van der Waals surface area contributed by atoms with Crippen LogP contribution in [-0.2, 0) is 24.8 Å². The summed E-state index contributed by atoms with van der Waals surface area (Å²) in [6, 6.07) is 9.63. The Kier molecular flexibility index (Phi) is 5.22. The molecule has 0 saturated carbocycles. The van der Waals surface area contributed by atoms with Crippen LogP contribution >= 0.6 is 0 Å². The third kappa shape index (κ3) is 3.76. The standard InChI is InChI=1S/C17H18N2O7S2/c1-25-13-5-8-15(16(11-13)26-2)18-28(23,24)14-6-3-12(4-7-14)19-17(20)9-10-27(19,21)22/h3-8,11,18H,9-10H2,1-2H3. The van der Waals surface area contributed by atoms with Gasteiger partial charge in [-0.05, 0) is 36.4 Å². The number of nitrogens with one attached hydrogen (secondary N) is 1. The van der Waals surface area contributed by atoms with Gasteiger partial charge in [-0.3, -0.25) is 9.52 Å². The predicted molar refractivity (Wildman–Crippen MR) is 103 cm³/mol. The smallest absolute Gasteiger partial charge is 0.262 e. The average Bonchev–Trinajstić information content (AvgIpc) is 2.94. The predicted octanol–water partition coefficient (Wildman–Crippen LogP) is 1.57. The lowest BCUT2D eigenvalue weighted by atomic mass is 10.3. The first kappa shape index (κ1) is 20.0. The topological polar surface area (TPSA) is 119 Å². The highest BCUT2D eigenvalue weighted by Gasteiger charge is 2.36. The zero-order valence-electron chi connectivity index (χ0n) is 15.1. The van der Waals surface area contributed by atoms with Crippen LogP contribution in [0.15, 0.2) is 47.4 Å². The van der Waals surface area contributed by atoms with Crippen LogP contribution in [0.25, 0.3) is 0 Å². The van der Waals surface area contributed by atoms with Crippen LogP contribution in [0.2, 0.25) is 0 Å². The maximum atomic E-state index is 12.7. The van der Waals surface area contributed by atoms with Crippen LogP contribution in [0, 0.1) is 0 Å². The van der Waals surface area contributed by atoms with E-state index in [2.05, 4.69) is 4.72 Å². The van der Waals surface area contributed by atoms with E-state index in [9.17, 15) is 21.6 Å². The number of amides is 1. The lowest BCUT2D eigenvalue weighted by Gasteiger charge is -2.16. The van der Waals surface area contributed by atoms with Gasteiger partial charge >= 0.3 is 0 Å². The van der Waals surface area contributed by atoms with Crippen LogP contribution < -0.4 is 18.5 Å². The first-order chi connectivity index (χ1) is 13.2. The van der Waals surface area contributed by atoms with Crippen molar-refractivity contribution in [2.45, 2.75) is 11.3 Å². The largest absolute Gasteiger partial charge is 0.497 e. The van der Waals surface area contributed by atoms with Gasteiger partial charge in [-0.2, -0.15) is 0 Å². The highest BCUT2D eigenvalue weighted by atomic mass is 32.2. The molecule has 1 aliphatic rings. The number of hydrogen-bond donors (Lipinski definition) is 1. The van der Waals surface area contributed by atoms with Gasteiger partial charge in [0.05, 0.1) is 36.2 Å². The molecule has 2 aromatic carbocycles. The fourth-order valence-electron chi connectivity index (χ4n) is 2.72. The summed E-state index contributed by atoms with van der Waals surface area (Å²) in [4.78, 5) is 11.7. The van der Waals surface area contributed by atoms with Crippen LogP contribution in [-0.4, -0.2) is 42.7 Å². The number of carbonyl (C=O) groups is 1. The molecule has 1 heterocycles. The van der Waals surface area contributed by atoms with Crippen molar-refractivity contribution in [2.24, 2.45) is 0 Å². The molecule has 9 nitrogen and oxygen atoms in total. The van der Waals surface area contributed by atoms with Crippen molar-refractivity contribution in [2.75, 3.05) is 29.0 Å². The molecule has 150 valence electrons. The summed E-state index contributed by atoms with van der Waals surface area (Å²) < 4.78 is 62.6. The summed E-state index contributed by atoms with van der Waals surface area (Å²) in [6.45, 7) is 0. The Hall–Kier alpha value is -2.79. The minimum Gasteiger partial charge on any atom is -0.497 e. The molecule has 0 aromatic heterocycles. The van der Waals surface area contributed by atoms with Crippen molar-refractivity contribution in [1.82, 2.24) is 0 Å². The lowest BCUT2D eigenvalue weighted by molar-refractivity contribution is -0.116. The van der Waals surface area contributed by atoms with Crippen LogP contribution in [0.1, 0.15) is 6.42 Å². The molecule has 1 N–H and O–H groups in total. The van der Waals surface area contributed by atoms with E-state index in [1.54, 1.807) is 6.07 Å². The third-order valence-electron chi connectivity index (χ3n) is 4.11. The van der Waals surface area contributed by atoms with Gasteiger partial charge in [0, 0.05) is 12.5 Å². The average molecular weight is 426 g/mol. The summed E-state index contributed by atoms with van der Waals surface area (Å²) in [5, 5.41) is 0. The van der Waals surface area contributed by atoms with Crippen LogP contribution in [0.3, 0.4) is 0 Å². The van der Waals surface area contributed by atoms with Gasteiger partial charge in [-0.15, -0.1) is 0 Å². The van der Waals surface area contributed by atoms with Gasteiger partial charge in [-0.25, -0.2) is 21.1 Å². The summed E-state index contributed by atoms with van der Waals surface area (Å²) in [5.41, 5.74) is 0.313. The van der Waals surface area contributed by atoms with Crippen molar-refractivity contribution in [1.29, 1.82) is 0 Å². The Balaban J connectivity index is 1.88. The number of ether oxygens (including phenoxy) is 2. The van der Waals surface area contributed by atoms with E-state index in [0.29, 0.717) is 10.1 Å². The minimum atomic E-state index is -3.97. The number of anilines is 2. The molecule has 0 bridgehead atoms. The van der Waals surface area contributed by atoms with Gasteiger partial charge in [0.15, 0.2) is 0 Å². The zero-order valence-corrected chi connectivity index (χ0v) is 16.7. The fraction of sp³-hybridized carbons (Fsp3) is 0.235. The Morgan fingerprint density at radius 3 is 2.25 bits per heavy atom. The van der Waals surface area contributed by atoms with E-state index in [1.807, 2.05) is 0 Å². The molecule has 3 rings (SSSR count). The van der Waals surface area contributed by atoms with E-state index >= 15 is 0 Å². The van der Waals surface area contributed by atoms with Crippen molar-refractivity contribution in [3.8, 4) is 11.5 Å². The molecule has 1 fully saturated rings. The fourth-order valence-corrected chi connectivity index (χ4v) is 5.25. The molecular formula is C17H18N2O7S2. The number of carbonyl (C=O) groups excluding carboxylic acids is 1. The van der Waals surface area contributed by atoms with Crippen molar-refractivity contribution >= 4 is 37.3 Å². The Morgan fingerprint density at radius 1 is 1.04 bits per heavy atom. The minimum absolute atomic E-state index is 0.0960. The molecule has 1 saturated heterocycles. The second-order valence-electron chi connectivity index (χ2n) is 5.89. The number of hydrogen-bond acceptors (Lipinski definition) is 7. The van der Waals surface area contributed by atoms with Gasteiger partial charge in [0.1, 0.15) is 11.5 Å². The number of methoxy groups -OCH3 is 2. The van der Waals surface area contributed by atoms with Crippen molar-refractivity contribution in [3.63, 3.8) is 0 Å². The summed E-state index contributed by atoms with van der Waals surface area (Å²) in [6.07, 6.45) is -0.0960. The normalized spacial score (nSPS) is 16.1. The highest BCUT2D eigenvalue weighted by Crippen LogP contribution is 2.31. The molecule has 0 radical (unpaired) electrons. The maximum absolute atomic E-state index is 12.7. The second kappa shape index (κ2) is 7.32. The maximum Gasteiger partial charge on any atom is 0.262 e.